The van der Waals surface area contributed by atoms with Gasteiger partial charge in [-0.15, -0.1) is 12.4 Å². The maximum atomic E-state index is 10.9. The highest BCUT2D eigenvalue weighted by atomic mass is 35.5. The zero-order chi connectivity index (χ0) is 15.6. The second-order valence-electron chi connectivity index (χ2n) is 5.58. The molecule has 0 spiro atoms. The van der Waals surface area contributed by atoms with E-state index in [-0.39, 0.29) is 23.9 Å². The molecule has 0 amide bonds. The number of phenols is 2. The average Bonchev–Trinajstić information content (AvgIpc) is 2.49. The van der Waals surface area contributed by atoms with E-state index in [1.807, 2.05) is 0 Å². The van der Waals surface area contributed by atoms with Crippen molar-refractivity contribution in [3.05, 3.63) is 27.8 Å². The SMILES string of the molecule is Cl.N[C@@H](c1cc(O)c(O)c([N+](=O)[O-])c1)[C@H](O)C1CCCCC1. The first kappa shape index (κ1) is 18.5. The maximum absolute atomic E-state index is 10.9. The molecular weight excluding hydrogens is 312 g/mol. The molecule has 1 aromatic carbocycles. The van der Waals surface area contributed by atoms with Gasteiger partial charge in [0.15, 0.2) is 5.75 Å². The van der Waals surface area contributed by atoms with Gasteiger partial charge in [0.1, 0.15) is 0 Å². The maximum Gasteiger partial charge on any atom is 0.314 e. The first-order chi connectivity index (χ1) is 9.91. The lowest BCUT2D eigenvalue weighted by atomic mass is 9.81. The van der Waals surface area contributed by atoms with E-state index >= 15 is 0 Å². The van der Waals surface area contributed by atoms with Crippen LogP contribution in [0.3, 0.4) is 0 Å². The number of phenolic OH excluding ortho intramolecular Hbond substituents is 2. The van der Waals surface area contributed by atoms with Crippen LogP contribution < -0.4 is 5.73 Å². The average molecular weight is 333 g/mol. The molecule has 22 heavy (non-hydrogen) atoms. The number of nitro groups is 1. The standard InChI is InChI=1S/C14H20N2O5.ClH/c15-12(13(18)8-4-2-1-3-5-8)9-6-10(16(20)21)14(19)11(17)7-9;/h6-8,12-13,17-19H,1-5,15H2;1H/t12-,13+;/m0./s1. The van der Waals surface area contributed by atoms with E-state index in [0.29, 0.717) is 0 Å². The van der Waals surface area contributed by atoms with Gasteiger partial charge in [-0.2, -0.15) is 0 Å². The van der Waals surface area contributed by atoms with Gasteiger partial charge in [0.2, 0.25) is 5.75 Å². The lowest BCUT2D eigenvalue weighted by Gasteiger charge is -2.30. The zero-order valence-electron chi connectivity index (χ0n) is 12.0. The Bertz CT molecular complexity index is 534. The summed E-state index contributed by atoms with van der Waals surface area (Å²) in [4.78, 5) is 10.1. The lowest BCUT2D eigenvalue weighted by molar-refractivity contribution is -0.386. The second-order valence-corrected chi connectivity index (χ2v) is 5.58. The van der Waals surface area contributed by atoms with E-state index < -0.39 is 34.3 Å². The van der Waals surface area contributed by atoms with Gasteiger partial charge < -0.3 is 21.1 Å². The summed E-state index contributed by atoms with van der Waals surface area (Å²) in [5.41, 5.74) is 5.62. The molecular formula is C14H21ClN2O5. The molecule has 1 aromatic rings. The molecule has 0 radical (unpaired) electrons. The number of nitro benzene ring substituents is 1. The van der Waals surface area contributed by atoms with Crippen LogP contribution in [-0.2, 0) is 0 Å². The van der Waals surface area contributed by atoms with Crippen molar-refractivity contribution >= 4 is 18.1 Å². The number of aliphatic hydroxyl groups excluding tert-OH is 1. The van der Waals surface area contributed by atoms with Crippen molar-refractivity contribution in [1.29, 1.82) is 0 Å². The molecule has 1 fully saturated rings. The van der Waals surface area contributed by atoms with E-state index in [0.717, 1.165) is 38.2 Å². The van der Waals surface area contributed by atoms with Crippen LogP contribution in [-0.4, -0.2) is 26.3 Å². The van der Waals surface area contributed by atoms with Crippen molar-refractivity contribution in [1.82, 2.24) is 0 Å². The molecule has 8 heteroatoms. The molecule has 0 heterocycles. The van der Waals surface area contributed by atoms with Gasteiger partial charge >= 0.3 is 5.69 Å². The van der Waals surface area contributed by atoms with Gasteiger partial charge in [-0.1, -0.05) is 19.3 Å². The van der Waals surface area contributed by atoms with Gasteiger partial charge in [0.05, 0.1) is 17.1 Å². The summed E-state index contributed by atoms with van der Waals surface area (Å²) in [6.45, 7) is 0. The number of hydrogen-bond donors (Lipinski definition) is 4. The van der Waals surface area contributed by atoms with Crippen LogP contribution >= 0.6 is 12.4 Å². The molecule has 2 rings (SSSR count). The molecule has 1 saturated carbocycles. The fraction of sp³-hybridized carbons (Fsp3) is 0.571. The molecule has 2 atom stereocenters. The predicted octanol–water partition coefficient (Wildman–Crippen LogP) is 2.37. The van der Waals surface area contributed by atoms with E-state index in [9.17, 15) is 25.4 Å². The first-order valence-corrected chi connectivity index (χ1v) is 7.05. The van der Waals surface area contributed by atoms with Gasteiger partial charge in [-0.3, -0.25) is 10.1 Å². The van der Waals surface area contributed by atoms with Gasteiger partial charge in [-0.05, 0) is 30.4 Å². The smallest absolute Gasteiger partial charge is 0.314 e. The summed E-state index contributed by atoms with van der Waals surface area (Å²) >= 11 is 0. The molecule has 0 bridgehead atoms. The number of aromatic hydroxyl groups is 2. The van der Waals surface area contributed by atoms with E-state index in [1.165, 1.54) is 6.07 Å². The van der Waals surface area contributed by atoms with Crippen LogP contribution in [0.4, 0.5) is 5.69 Å². The number of aliphatic hydroxyl groups is 1. The summed E-state index contributed by atoms with van der Waals surface area (Å²) in [7, 11) is 0. The normalized spacial score (nSPS) is 18.3. The molecule has 0 aliphatic heterocycles. The fourth-order valence-corrected chi connectivity index (χ4v) is 2.92. The highest BCUT2D eigenvalue weighted by molar-refractivity contribution is 5.85. The van der Waals surface area contributed by atoms with Gasteiger partial charge in [-0.25, -0.2) is 0 Å². The Labute approximate surface area is 134 Å². The Morgan fingerprint density at radius 1 is 1.23 bits per heavy atom. The molecule has 1 aliphatic carbocycles. The topological polar surface area (TPSA) is 130 Å². The molecule has 0 unspecified atom stereocenters. The molecule has 0 saturated heterocycles. The summed E-state index contributed by atoms with van der Waals surface area (Å²) in [6.07, 6.45) is 4.14. The number of hydrogen-bond acceptors (Lipinski definition) is 6. The Morgan fingerprint density at radius 2 is 1.82 bits per heavy atom. The largest absolute Gasteiger partial charge is 0.504 e. The number of nitrogens with zero attached hydrogens (tertiary/aromatic N) is 1. The number of nitrogens with two attached hydrogens (primary N) is 1. The van der Waals surface area contributed by atoms with Gasteiger partial charge in [0, 0.05) is 6.07 Å². The van der Waals surface area contributed by atoms with Crippen molar-refractivity contribution in [3.63, 3.8) is 0 Å². The Hall–Kier alpha value is -1.57. The van der Waals surface area contributed by atoms with Crippen molar-refractivity contribution in [2.45, 2.75) is 44.2 Å². The molecule has 7 nitrogen and oxygen atoms in total. The third kappa shape index (κ3) is 3.79. The van der Waals surface area contributed by atoms with Crippen molar-refractivity contribution in [3.8, 4) is 11.5 Å². The molecule has 0 aromatic heterocycles. The lowest BCUT2D eigenvalue weighted by Crippen LogP contribution is -2.34. The zero-order valence-corrected chi connectivity index (χ0v) is 12.8. The monoisotopic (exact) mass is 332 g/mol. The Kier molecular flexibility index (Phi) is 6.40. The number of rotatable bonds is 4. The minimum atomic E-state index is -0.835. The van der Waals surface area contributed by atoms with Crippen molar-refractivity contribution in [2.24, 2.45) is 11.7 Å². The minimum Gasteiger partial charge on any atom is -0.504 e. The summed E-state index contributed by atoms with van der Waals surface area (Å²) in [5.74, 6) is -1.34. The first-order valence-electron chi connectivity index (χ1n) is 7.05. The van der Waals surface area contributed by atoms with Crippen LogP contribution in [0.15, 0.2) is 12.1 Å². The second kappa shape index (κ2) is 7.62. The summed E-state index contributed by atoms with van der Waals surface area (Å²) in [6, 6.07) is 1.43. The highest BCUT2D eigenvalue weighted by Gasteiger charge is 2.30. The summed E-state index contributed by atoms with van der Waals surface area (Å²) < 4.78 is 0. The molecule has 5 N–H and O–H groups in total. The Balaban J connectivity index is 0.00000242. The molecule has 124 valence electrons. The number of halogens is 1. The van der Waals surface area contributed by atoms with Crippen molar-refractivity contribution < 1.29 is 20.2 Å². The fourth-order valence-electron chi connectivity index (χ4n) is 2.92. The van der Waals surface area contributed by atoms with Crippen LogP contribution in [0.2, 0.25) is 0 Å². The van der Waals surface area contributed by atoms with E-state index in [4.69, 9.17) is 5.73 Å². The van der Waals surface area contributed by atoms with E-state index in [2.05, 4.69) is 0 Å². The third-order valence-electron chi connectivity index (χ3n) is 4.17. The number of benzene rings is 1. The third-order valence-corrected chi connectivity index (χ3v) is 4.17. The summed E-state index contributed by atoms with van der Waals surface area (Å²) in [5, 5.41) is 40.2. The molecule has 1 aliphatic rings. The quantitative estimate of drug-likeness (QED) is 0.380. The van der Waals surface area contributed by atoms with E-state index in [1.54, 1.807) is 0 Å². The van der Waals surface area contributed by atoms with Crippen molar-refractivity contribution in [2.75, 3.05) is 0 Å². The Morgan fingerprint density at radius 3 is 2.36 bits per heavy atom. The highest BCUT2D eigenvalue weighted by Crippen LogP contribution is 2.39. The van der Waals surface area contributed by atoms with Gasteiger partial charge in [0.25, 0.3) is 0 Å². The van der Waals surface area contributed by atoms with Crippen LogP contribution in [0.5, 0.6) is 11.5 Å². The van der Waals surface area contributed by atoms with Crippen LogP contribution in [0, 0.1) is 16.0 Å². The predicted molar refractivity (Wildman–Crippen MR) is 83.2 cm³/mol. The van der Waals surface area contributed by atoms with Crippen LogP contribution in [0.1, 0.15) is 43.7 Å². The minimum absolute atomic E-state index is 0. The van der Waals surface area contributed by atoms with Crippen LogP contribution in [0.25, 0.3) is 0 Å².